The summed E-state index contributed by atoms with van der Waals surface area (Å²) in [5.41, 5.74) is 3.31. The van der Waals surface area contributed by atoms with Crippen LogP contribution >= 0.6 is 0 Å². The van der Waals surface area contributed by atoms with Gasteiger partial charge in [-0.05, 0) is 36.3 Å². The summed E-state index contributed by atoms with van der Waals surface area (Å²) in [6.07, 6.45) is -1.89. The summed E-state index contributed by atoms with van der Waals surface area (Å²) in [6.45, 7) is 20.5. The Labute approximate surface area is 235 Å². The number of hydrogen-bond acceptors (Lipinski definition) is 10. The van der Waals surface area contributed by atoms with Crippen LogP contribution in [0.4, 0.5) is 0 Å². The summed E-state index contributed by atoms with van der Waals surface area (Å²) in [5.74, 6) is 0. The molecule has 4 N–H and O–H groups in total. The number of nitrogens with two attached hydrogens (primary N) is 1. The van der Waals surface area contributed by atoms with E-state index in [0.717, 1.165) is 5.41 Å². The molecule has 13 nitrogen and oxygen atoms in total. The van der Waals surface area contributed by atoms with E-state index in [0.29, 0.717) is 0 Å². The minimum absolute atomic E-state index is 0.0259. The van der Waals surface area contributed by atoms with Gasteiger partial charge in [-0.25, -0.2) is 14.0 Å². The second kappa shape index (κ2) is 9.47. The van der Waals surface area contributed by atoms with E-state index in [1.165, 1.54) is 10.9 Å². The quantitative estimate of drug-likeness (QED) is 0.323. The van der Waals surface area contributed by atoms with E-state index < -0.39 is 62.0 Å². The van der Waals surface area contributed by atoms with E-state index in [9.17, 15) is 18.0 Å². The van der Waals surface area contributed by atoms with Crippen LogP contribution in [0.3, 0.4) is 0 Å². The molecular formula is C24H41N5O8SSi2. The Balaban J connectivity index is 1.93. The van der Waals surface area contributed by atoms with Crippen molar-refractivity contribution in [3.8, 4) is 0 Å². The maximum Gasteiger partial charge on any atom is 0.327 e. The molecule has 1 fully saturated rings. The molecule has 224 valence electrons. The number of nitrogens with one attached hydrogen (secondary N) is 2. The highest BCUT2D eigenvalue weighted by atomic mass is 32.2. The van der Waals surface area contributed by atoms with Crippen molar-refractivity contribution >= 4 is 37.9 Å². The molecule has 0 radical (unpaired) electrons. The molecule has 0 aromatic carbocycles. The number of rotatable bonds is 6. The highest BCUT2D eigenvalue weighted by Crippen LogP contribution is 2.52. The van der Waals surface area contributed by atoms with Crippen LogP contribution in [0.2, 0.25) is 36.3 Å². The van der Waals surface area contributed by atoms with Gasteiger partial charge in [0.15, 0.2) is 39.6 Å². The van der Waals surface area contributed by atoms with Crippen LogP contribution in [-0.2, 0) is 27.9 Å². The Bertz CT molecular complexity index is 1560. The molecular weight excluding hydrogens is 575 g/mol. The third-order valence-electron chi connectivity index (χ3n) is 8.81. The van der Waals surface area contributed by atoms with Gasteiger partial charge in [0.1, 0.15) is 12.2 Å². The fourth-order valence-electron chi connectivity index (χ4n) is 4.39. The minimum atomic E-state index is -4.19. The maximum absolute atomic E-state index is 12.9. The molecule has 4 rings (SSSR count). The lowest BCUT2D eigenvalue weighted by Gasteiger charge is -2.43. The Hall–Kier alpha value is -2.09. The van der Waals surface area contributed by atoms with Crippen molar-refractivity contribution in [2.24, 2.45) is 5.73 Å². The third-order valence-corrected chi connectivity index (χ3v) is 18.8. The van der Waals surface area contributed by atoms with Crippen LogP contribution in [0, 0.1) is 0 Å². The van der Waals surface area contributed by atoms with Crippen LogP contribution in [0.15, 0.2) is 27.0 Å². The fourth-order valence-corrected chi connectivity index (χ4v) is 7.89. The number of nitrogens with zero attached hydrogens (tertiary/aromatic N) is 2. The van der Waals surface area contributed by atoms with Crippen LogP contribution in [0.1, 0.15) is 47.8 Å². The van der Waals surface area contributed by atoms with Crippen LogP contribution in [0.5, 0.6) is 0 Å². The second-order valence-electron chi connectivity index (χ2n) is 13.6. The van der Waals surface area contributed by atoms with E-state index in [4.69, 9.17) is 23.5 Å². The predicted molar refractivity (Wildman–Crippen MR) is 155 cm³/mol. The number of aromatic amines is 2. The molecule has 0 bridgehead atoms. The summed E-state index contributed by atoms with van der Waals surface area (Å²) >= 11 is 0. The van der Waals surface area contributed by atoms with Gasteiger partial charge in [-0.15, -0.1) is 0 Å². The third kappa shape index (κ3) is 5.07. The number of fused-ring (bicyclic) bond motifs is 1. The van der Waals surface area contributed by atoms with Gasteiger partial charge >= 0.3 is 5.69 Å². The lowest BCUT2D eigenvalue weighted by molar-refractivity contribution is -0.0534. The molecule has 0 aliphatic carbocycles. The topological polar surface area (TPSA) is 181 Å². The average molecular weight is 616 g/mol. The molecule has 0 amide bonds. The first-order valence-electron chi connectivity index (χ1n) is 13.1. The lowest BCUT2D eigenvalue weighted by atomic mass is 9.89. The number of imidazole rings is 1. The number of ether oxygens (including phenoxy) is 1. The normalized spacial score (nSPS) is 27.6. The first-order valence-corrected chi connectivity index (χ1v) is 20.4. The summed E-state index contributed by atoms with van der Waals surface area (Å²) in [4.78, 5) is 33.7. The number of H-pyrrole nitrogens is 2. The summed E-state index contributed by atoms with van der Waals surface area (Å²) < 4.78 is 52.9. The Morgan fingerprint density at radius 3 is 2.20 bits per heavy atom. The van der Waals surface area contributed by atoms with Crippen LogP contribution in [0.25, 0.3) is 11.2 Å². The van der Waals surface area contributed by atoms with Gasteiger partial charge in [-0.1, -0.05) is 41.5 Å². The molecule has 0 saturated carbocycles. The van der Waals surface area contributed by atoms with E-state index in [2.05, 4.69) is 48.8 Å². The molecule has 1 unspecified atom stereocenters. The lowest BCUT2D eigenvalue weighted by Crippen LogP contribution is -2.59. The number of hydrogen-bond donors (Lipinski definition) is 3. The summed E-state index contributed by atoms with van der Waals surface area (Å²) in [5, 5.41) is 0.458. The largest absolute Gasteiger partial charge is 0.414 e. The van der Waals surface area contributed by atoms with Crippen LogP contribution < -0.4 is 17.0 Å². The molecule has 4 heterocycles. The van der Waals surface area contributed by atoms with E-state index >= 15 is 0 Å². The molecule has 2 aromatic heterocycles. The highest BCUT2D eigenvalue weighted by Gasteiger charge is 2.67. The molecule has 4 atom stereocenters. The van der Waals surface area contributed by atoms with Gasteiger partial charge in [0, 0.05) is 0 Å². The zero-order valence-corrected chi connectivity index (χ0v) is 27.6. The maximum atomic E-state index is 12.9. The van der Waals surface area contributed by atoms with Crippen molar-refractivity contribution in [1.29, 1.82) is 0 Å². The molecule has 16 heteroatoms. The van der Waals surface area contributed by atoms with Crippen molar-refractivity contribution in [1.82, 2.24) is 19.5 Å². The fraction of sp³-hybridized carbons (Fsp3) is 0.708. The Morgan fingerprint density at radius 2 is 1.68 bits per heavy atom. The van der Waals surface area contributed by atoms with Gasteiger partial charge in [0.05, 0.1) is 24.0 Å². The monoisotopic (exact) mass is 615 g/mol. The van der Waals surface area contributed by atoms with Gasteiger partial charge < -0.3 is 19.3 Å². The SMILES string of the molecule is CC(C)(C)[Si](C)(C)OC[C@H]1O[C@@H](n2cnc3[nH]c(=O)[nH]c(=O)c32)[C@H](O[Si](C)(C)C(C)(C)C)C12OS(=O)(=O)C=C2N. The first-order chi connectivity index (χ1) is 18.0. The van der Waals surface area contributed by atoms with Gasteiger partial charge in [-0.2, -0.15) is 8.42 Å². The van der Waals surface area contributed by atoms with Crippen molar-refractivity contribution < 1.29 is 26.2 Å². The van der Waals surface area contributed by atoms with Gasteiger partial charge in [0.25, 0.3) is 15.7 Å². The zero-order chi connectivity index (χ0) is 30.3. The minimum Gasteiger partial charge on any atom is -0.414 e. The summed E-state index contributed by atoms with van der Waals surface area (Å²) in [6, 6.07) is 0. The summed E-state index contributed by atoms with van der Waals surface area (Å²) in [7, 11) is -9.18. The molecule has 1 saturated heterocycles. The standard InChI is InChI=1S/C24H41N5O8SSi2/c1-22(2,3)39(7,8)34-11-15-24(14(25)12-38(32,33)37-24)17(36-40(9,10)23(4,5)6)20(35-15)29-13-26-18-16(29)19(30)28-21(31)27-18/h12-13,15,17,20H,11,25H2,1-10H3,(H2,27,28,30,31)/t15-,17+,20-,24?/m1/s1. The van der Waals surface area contributed by atoms with Crippen molar-refractivity contribution in [3.05, 3.63) is 38.3 Å². The van der Waals surface area contributed by atoms with Crippen LogP contribution in [-0.4, -0.2) is 69.0 Å². The van der Waals surface area contributed by atoms with E-state index in [1.807, 2.05) is 33.9 Å². The highest BCUT2D eigenvalue weighted by molar-refractivity contribution is 7.90. The smallest absolute Gasteiger partial charge is 0.327 e. The second-order valence-corrected chi connectivity index (χ2v) is 24.5. The molecule has 2 aromatic rings. The van der Waals surface area contributed by atoms with Gasteiger partial charge in [-0.3, -0.25) is 19.3 Å². The molecule has 2 aliphatic heterocycles. The van der Waals surface area contributed by atoms with Crippen molar-refractivity contribution in [2.75, 3.05) is 6.61 Å². The molecule has 1 spiro atoms. The van der Waals surface area contributed by atoms with E-state index in [1.54, 1.807) is 0 Å². The Morgan fingerprint density at radius 1 is 1.07 bits per heavy atom. The average Bonchev–Trinajstić information content (AvgIpc) is 3.37. The van der Waals surface area contributed by atoms with Crippen molar-refractivity contribution in [3.63, 3.8) is 0 Å². The first kappa shape index (κ1) is 30.9. The van der Waals surface area contributed by atoms with E-state index in [-0.39, 0.29) is 33.5 Å². The molecule has 40 heavy (non-hydrogen) atoms. The van der Waals surface area contributed by atoms with Gasteiger partial charge in [0.2, 0.25) is 0 Å². The Kier molecular flexibility index (Phi) is 7.31. The number of aromatic nitrogens is 4. The molecule has 2 aliphatic rings. The zero-order valence-electron chi connectivity index (χ0n) is 24.7. The predicted octanol–water partition coefficient (Wildman–Crippen LogP) is 2.62. The van der Waals surface area contributed by atoms with Crippen molar-refractivity contribution in [2.45, 2.75) is 102 Å².